The maximum absolute atomic E-state index is 12.5. The highest BCUT2D eigenvalue weighted by Crippen LogP contribution is 2.30. The van der Waals surface area contributed by atoms with Crippen molar-refractivity contribution in [2.75, 3.05) is 23.4 Å². The third-order valence-electron chi connectivity index (χ3n) is 3.91. The van der Waals surface area contributed by atoms with Gasteiger partial charge in [0.25, 0.3) is 5.91 Å². The van der Waals surface area contributed by atoms with Gasteiger partial charge in [0.05, 0.1) is 6.61 Å². The molecule has 2 amide bonds. The zero-order chi connectivity index (χ0) is 17.1. The van der Waals surface area contributed by atoms with Crippen LogP contribution < -0.4 is 15.0 Å². The Kier molecular flexibility index (Phi) is 4.46. The molecule has 0 spiro atoms. The van der Waals surface area contributed by atoms with E-state index in [4.69, 9.17) is 4.74 Å². The Labute approximate surface area is 140 Å². The highest BCUT2D eigenvalue weighted by Gasteiger charge is 2.22. The van der Waals surface area contributed by atoms with Gasteiger partial charge in [0.1, 0.15) is 5.56 Å². The van der Waals surface area contributed by atoms with Crippen LogP contribution in [0.15, 0.2) is 36.5 Å². The number of fused-ring (bicyclic) bond motifs is 1. The minimum absolute atomic E-state index is 0.0299. The van der Waals surface area contributed by atoms with Crippen LogP contribution in [0.4, 0.5) is 11.4 Å². The molecular weight excluding hydrogens is 306 g/mol. The van der Waals surface area contributed by atoms with Gasteiger partial charge in [-0.05, 0) is 49.2 Å². The third-order valence-corrected chi connectivity index (χ3v) is 3.91. The van der Waals surface area contributed by atoms with Crippen molar-refractivity contribution in [1.29, 1.82) is 0 Å². The number of carbonyl (C=O) groups excluding carboxylic acids is 2. The number of hydrogen-bond acceptors (Lipinski definition) is 4. The van der Waals surface area contributed by atoms with Crippen molar-refractivity contribution in [3.63, 3.8) is 0 Å². The van der Waals surface area contributed by atoms with Crippen LogP contribution in [0.25, 0.3) is 0 Å². The molecule has 6 heteroatoms. The zero-order valence-electron chi connectivity index (χ0n) is 13.7. The summed E-state index contributed by atoms with van der Waals surface area (Å²) in [6.07, 6.45) is 2.38. The van der Waals surface area contributed by atoms with Crippen LogP contribution in [0.1, 0.15) is 29.8 Å². The fourth-order valence-electron chi connectivity index (χ4n) is 2.82. The minimum atomic E-state index is -0.270. The lowest BCUT2D eigenvalue weighted by atomic mass is 10.1. The second kappa shape index (κ2) is 6.70. The average Bonchev–Trinajstić information content (AvgIpc) is 2.99. The van der Waals surface area contributed by atoms with Crippen LogP contribution in [-0.2, 0) is 11.2 Å². The molecule has 6 nitrogen and oxygen atoms in total. The summed E-state index contributed by atoms with van der Waals surface area (Å²) in [6, 6.07) is 8.96. The molecule has 1 N–H and O–H groups in total. The van der Waals surface area contributed by atoms with E-state index in [2.05, 4.69) is 10.3 Å². The maximum atomic E-state index is 12.5. The van der Waals surface area contributed by atoms with E-state index < -0.39 is 0 Å². The van der Waals surface area contributed by atoms with Gasteiger partial charge in [0.15, 0.2) is 0 Å². The summed E-state index contributed by atoms with van der Waals surface area (Å²) in [7, 11) is 0. The Balaban J connectivity index is 1.80. The van der Waals surface area contributed by atoms with E-state index in [1.165, 1.54) is 0 Å². The van der Waals surface area contributed by atoms with Crippen LogP contribution in [0, 0.1) is 0 Å². The summed E-state index contributed by atoms with van der Waals surface area (Å²) in [5.41, 5.74) is 3.05. The lowest BCUT2D eigenvalue weighted by molar-refractivity contribution is -0.116. The van der Waals surface area contributed by atoms with Gasteiger partial charge in [-0.3, -0.25) is 9.59 Å². The van der Waals surface area contributed by atoms with Crippen LogP contribution in [0.5, 0.6) is 5.88 Å². The predicted molar refractivity (Wildman–Crippen MR) is 91.5 cm³/mol. The second-order valence-electron chi connectivity index (χ2n) is 5.51. The number of pyridine rings is 1. The molecule has 0 bridgehead atoms. The Hall–Kier alpha value is -2.89. The molecule has 3 rings (SSSR count). The van der Waals surface area contributed by atoms with Crippen LogP contribution in [0.3, 0.4) is 0 Å². The standard InChI is InChI=1S/C18H19N3O3/c1-3-24-18-15(5-4-9-19-18)17(23)20-14-6-7-16-13(11-14)8-10-21(16)12(2)22/h4-7,9,11H,3,8,10H2,1-2H3,(H,20,23). The highest BCUT2D eigenvalue weighted by atomic mass is 16.5. The van der Waals surface area contributed by atoms with E-state index in [9.17, 15) is 9.59 Å². The van der Waals surface area contributed by atoms with E-state index >= 15 is 0 Å². The van der Waals surface area contributed by atoms with Crippen molar-refractivity contribution in [3.8, 4) is 5.88 Å². The van der Waals surface area contributed by atoms with Gasteiger partial charge in [-0.1, -0.05) is 0 Å². The Morgan fingerprint density at radius 2 is 2.17 bits per heavy atom. The molecule has 0 atom stereocenters. The number of ether oxygens (including phenoxy) is 1. The molecule has 0 saturated heterocycles. The van der Waals surface area contributed by atoms with Crippen LogP contribution in [0.2, 0.25) is 0 Å². The monoisotopic (exact) mass is 325 g/mol. The smallest absolute Gasteiger partial charge is 0.261 e. The third kappa shape index (κ3) is 3.08. The number of nitrogens with one attached hydrogen (secondary N) is 1. The quantitative estimate of drug-likeness (QED) is 0.938. The SMILES string of the molecule is CCOc1ncccc1C(=O)Nc1ccc2c(c1)CCN2C(C)=O. The predicted octanol–water partition coefficient (Wildman–Crippen LogP) is 2.64. The van der Waals surface area contributed by atoms with E-state index in [1.807, 2.05) is 19.1 Å². The molecule has 1 aliphatic rings. The maximum Gasteiger partial charge on any atom is 0.261 e. The lowest BCUT2D eigenvalue weighted by Crippen LogP contribution is -2.25. The van der Waals surface area contributed by atoms with Gasteiger partial charge in [-0.25, -0.2) is 4.98 Å². The number of nitrogens with zero attached hydrogens (tertiary/aromatic N) is 2. The molecule has 1 aromatic carbocycles. The van der Waals surface area contributed by atoms with E-state index in [0.717, 1.165) is 17.7 Å². The van der Waals surface area contributed by atoms with Gasteiger partial charge in [0, 0.05) is 31.0 Å². The van der Waals surface area contributed by atoms with Gasteiger partial charge < -0.3 is 15.0 Å². The average molecular weight is 325 g/mol. The number of hydrogen-bond donors (Lipinski definition) is 1. The van der Waals surface area contributed by atoms with Crippen molar-refractivity contribution < 1.29 is 14.3 Å². The Bertz CT molecular complexity index is 789. The summed E-state index contributed by atoms with van der Waals surface area (Å²) in [5, 5.41) is 2.87. The number of carbonyl (C=O) groups is 2. The summed E-state index contributed by atoms with van der Waals surface area (Å²) in [5.74, 6) is 0.0802. The normalized spacial score (nSPS) is 12.7. The van der Waals surface area contributed by atoms with Crippen LogP contribution >= 0.6 is 0 Å². The first kappa shape index (κ1) is 16.0. The fraction of sp³-hybridized carbons (Fsp3) is 0.278. The molecule has 124 valence electrons. The molecule has 0 aliphatic carbocycles. The van der Waals surface area contributed by atoms with E-state index in [1.54, 1.807) is 36.2 Å². The van der Waals surface area contributed by atoms with E-state index in [0.29, 0.717) is 30.3 Å². The molecular formula is C18H19N3O3. The van der Waals surface area contributed by atoms with Gasteiger partial charge in [0.2, 0.25) is 11.8 Å². The van der Waals surface area contributed by atoms with Crippen LogP contribution in [-0.4, -0.2) is 29.9 Å². The first-order valence-corrected chi connectivity index (χ1v) is 7.90. The van der Waals surface area contributed by atoms with Crippen molar-refractivity contribution in [2.24, 2.45) is 0 Å². The van der Waals surface area contributed by atoms with Gasteiger partial charge >= 0.3 is 0 Å². The van der Waals surface area contributed by atoms with Gasteiger partial charge in [-0.2, -0.15) is 0 Å². The number of anilines is 2. The van der Waals surface area contributed by atoms with Crippen molar-refractivity contribution in [2.45, 2.75) is 20.3 Å². The molecule has 0 radical (unpaired) electrons. The molecule has 1 aromatic heterocycles. The highest BCUT2D eigenvalue weighted by molar-refractivity contribution is 6.06. The molecule has 24 heavy (non-hydrogen) atoms. The zero-order valence-corrected chi connectivity index (χ0v) is 13.7. The molecule has 0 unspecified atom stereocenters. The largest absolute Gasteiger partial charge is 0.477 e. The summed E-state index contributed by atoms with van der Waals surface area (Å²) in [4.78, 5) is 29.9. The number of rotatable bonds is 4. The second-order valence-corrected chi connectivity index (χ2v) is 5.51. The molecule has 2 aromatic rings. The molecule has 2 heterocycles. The molecule has 1 aliphatic heterocycles. The van der Waals surface area contributed by atoms with Crippen molar-refractivity contribution in [3.05, 3.63) is 47.7 Å². The van der Waals surface area contributed by atoms with E-state index in [-0.39, 0.29) is 11.8 Å². The number of benzene rings is 1. The van der Waals surface area contributed by atoms with Gasteiger partial charge in [-0.15, -0.1) is 0 Å². The first-order valence-electron chi connectivity index (χ1n) is 7.90. The number of amides is 2. The summed E-state index contributed by atoms with van der Waals surface area (Å²) in [6.45, 7) is 4.52. The molecule has 0 saturated carbocycles. The summed E-state index contributed by atoms with van der Waals surface area (Å²) >= 11 is 0. The van der Waals surface area contributed by atoms with Crippen molar-refractivity contribution in [1.82, 2.24) is 4.98 Å². The Morgan fingerprint density at radius 1 is 1.33 bits per heavy atom. The van der Waals surface area contributed by atoms with Crippen molar-refractivity contribution >= 4 is 23.2 Å². The lowest BCUT2D eigenvalue weighted by Gasteiger charge is -2.15. The summed E-state index contributed by atoms with van der Waals surface area (Å²) < 4.78 is 5.39. The molecule has 0 fully saturated rings. The minimum Gasteiger partial charge on any atom is -0.477 e. The fourth-order valence-corrected chi connectivity index (χ4v) is 2.82. The first-order chi connectivity index (χ1) is 11.6. The Morgan fingerprint density at radius 3 is 2.92 bits per heavy atom. The number of aromatic nitrogens is 1. The topological polar surface area (TPSA) is 71.5 Å².